The maximum Gasteiger partial charge on any atom is 0.129 e. The summed E-state index contributed by atoms with van der Waals surface area (Å²) in [6.45, 7) is 8.84. The van der Waals surface area contributed by atoms with Crippen LogP contribution in [0, 0.1) is 5.82 Å². The first-order valence-corrected chi connectivity index (χ1v) is 7.47. The molecule has 0 aliphatic carbocycles. The van der Waals surface area contributed by atoms with Crippen molar-refractivity contribution in [3.8, 4) is 5.69 Å². The lowest BCUT2D eigenvalue weighted by Crippen LogP contribution is -2.35. The third kappa shape index (κ3) is 3.91. The molecule has 21 heavy (non-hydrogen) atoms. The number of hydrogen-bond acceptors (Lipinski definition) is 2. The number of benzene rings is 1. The first-order chi connectivity index (χ1) is 9.92. The van der Waals surface area contributed by atoms with Gasteiger partial charge in [-0.1, -0.05) is 13.0 Å². The van der Waals surface area contributed by atoms with Gasteiger partial charge in [0.2, 0.25) is 0 Å². The van der Waals surface area contributed by atoms with Gasteiger partial charge in [0.25, 0.3) is 0 Å². The van der Waals surface area contributed by atoms with Gasteiger partial charge in [-0.15, -0.1) is 0 Å². The summed E-state index contributed by atoms with van der Waals surface area (Å²) in [4.78, 5) is 4.38. The van der Waals surface area contributed by atoms with Crippen LogP contribution in [0.3, 0.4) is 0 Å². The number of nitrogens with zero attached hydrogens (tertiary/aromatic N) is 2. The zero-order chi connectivity index (χ0) is 15.5. The Hall–Kier alpha value is -1.68. The van der Waals surface area contributed by atoms with E-state index in [1.54, 1.807) is 12.3 Å². The number of halogens is 1. The van der Waals surface area contributed by atoms with Crippen LogP contribution in [-0.2, 0) is 13.0 Å². The van der Waals surface area contributed by atoms with Gasteiger partial charge in [0.05, 0.1) is 5.69 Å². The van der Waals surface area contributed by atoms with Crippen molar-refractivity contribution >= 4 is 0 Å². The Morgan fingerprint density at radius 3 is 2.71 bits per heavy atom. The van der Waals surface area contributed by atoms with Gasteiger partial charge < -0.3 is 9.88 Å². The Labute approximate surface area is 126 Å². The van der Waals surface area contributed by atoms with Crippen molar-refractivity contribution in [2.24, 2.45) is 0 Å². The molecule has 0 atom stereocenters. The summed E-state index contributed by atoms with van der Waals surface area (Å²) < 4.78 is 16.3. The van der Waals surface area contributed by atoms with Crippen LogP contribution in [0.15, 0.2) is 30.6 Å². The Balaban J connectivity index is 2.39. The van der Waals surface area contributed by atoms with Crippen LogP contribution in [0.4, 0.5) is 4.39 Å². The van der Waals surface area contributed by atoms with E-state index in [4.69, 9.17) is 0 Å². The molecule has 0 saturated carbocycles. The first-order valence-electron chi connectivity index (χ1n) is 7.47. The molecule has 2 rings (SSSR count). The maximum absolute atomic E-state index is 14.3. The zero-order valence-electron chi connectivity index (χ0n) is 13.3. The highest BCUT2D eigenvalue weighted by Crippen LogP contribution is 2.21. The highest BCUT2D eigenvalue weighted by molar-refractivity contribution is 5.43. The van der Waals surface area contributed by atoms with Crippen LogP contribution in [0.1, 0.15) is 45.5 Å². The third-order valence-corrected chi connectivity index (χ3v) is 3.34. The fourth-order valence-electron chi connectivity index (χ4n) is 2.26. The van der Waals surface area contributed by atoms with Crippen molar-refractivity contribution in [3.05, 3.63) is 47.8 Å². The molecule has 1 aromatic heterocycles. The van der Waals surface area contributed by atoms with Gasteiger partial charge in [0.1, 0.15) is 11.6 Å². The lowest BCUT2D eigenvalue weighted by Gasteiger charge is -2.22. The third-order valence-electron chi connectivity index (χ3n) is 3.34. The molecule has 114 valence electrons. The molecule has 4 heteroatoms. The van der Waals surface area contributed by atoms with Gasteiger partial charge >= 0.3 is 0 Å². The first kappa shape index (κ1) is 15.7. The number of imidazole rings is 1. The largest absolute Gasteiger partial charge is 0.308 e. The fourth-order valence-corrected chi connectivity index (χ4v) is 2.26. The second kappa shape index (κ2) is 6.39. The SMILES string of the molecule is CCCc1nccn1-c1cccc(F)c1CNC(C)(C)C. The minimum absolute atomic E-state index is 0.0548. The lowest BCUT2D eigenvalue weighted by atomic mass is 10.1. The Kier molecular flexibility index (Phi) is 4.78. The van der Waals surface area contributed by atoms with Crippen LogP contribution in [0.25, 0.3) is 5.69 Å². The van der Waals surface area contributed by atoms with E-state index in [-0.39, 0.29) is 11.4 Å². The van der Waals surface area contributed by atoms with E-state index >= 15 is 0 Å². The van der Waals surface area contributed by atoms with Crippen molar-refractivity contribution in [1.82, 2.24) is 14.9 Å². The molecule has 0 amide bonds. The summed E-state index contributed by atoms with van der Waals surface area (Å²) in [7, 11) is 0. The lowest BCUT2D eigenvalue weighted by molar-refractivity contribution is 0.418. The quantitative estimate of drug-likeness (QED) is 0.906. The summed E-state index contributed by atoms with van der Waals surface area (Å²) >= 11 is 0. The van der Waals surface area contributed by atoms with Crippen LogP contribution >= 0.6 is 0 Å². The predicted molar refractivity (Wildman–Crippen MR) is 84.1 cm³/mol. The molecule has 1 N–H and O–H groups in total. The number of rotatable bonds is 5. The normalized spacial score (nSPS) is 11.9. The smallest absolute Gasteiger partial charge is 0.129 e. The van der Waals surface area contributed by atoms with E-state index in [2.05, 4.69) is 38.0 Å². The topological polar surface area (TPSA) is 29.9 Å². The van der Waals surface area contributed by atoms with E-state index in [0.717, 1.165) is 24.4 Å². The van der Waals surface area contributed by atoms with Crippen LogP contribution in [0.5, 0.6) is 0 Å². The maximum atomic E-state index is 14.3. The molecule has 1 heterocycles. The number of aromatic nitrogens is 2. The molecule has 0 spiro atoms. The van der Waals surface area contributed by atoms with Crippen molar-refractivity contribution in [2.75, 3.05) is 0 Å². The summed E-state index contributed by atoms with van der Waals surface area (Å²) in [5.74, 6) is 0.792. The van der Waals surface area contributed by atoms with Crippen molar-refractivity contribution in [3.63, 3.8) is 0 Å². The van der Waals surface area contributed by atoms with Crippen LogP contribution in [0.2, 0.25) is 0 Å². The number of aryl methyl sites for hydroxylation is 1. The fraction of sp³-hybridized carbons (Fsp3) is 0.471. The molecule has 0 aliphatic rings. The van der Waals surface area contributed by atoms with E-state index in [0.29, 0.717) is 12.1 Å². The predicted octanol–water partition coefficient (Wildman–Crippen LogP) is 3.85. The summed E-state index contributed by atoms with van der Waals surface area (Å²) in [6, 6.07) is 5.21. The second-order valence-corrected chi connectivity index (χ2v) is 6.30. The monoisotopic (exact) mass is 289 g/mol. The van der Waals surface area contributed by atoms with Gasteiger partial charge in [-0.05, 0) is 39.3 Å². The molecule has 0 fully saturated rings. The molecule has 1 aromatic carbocycles. The molecular weight excluding hydrogens is 265 g/mol. The van der Waals surface area contributed by atoms with Crippen molar-refractivity contribution in [2.45, 2.75) is 52.6 Å². The number of hydrogen-bond donors (Lipinski definition) is 1. The molecule has 3 nitrogen and oxygen atoms in total. The molecule has 0 saturated heterocycles. The van der Waals surface area contributed by atoms with Gasteiger partial charge in [0.15, 0.2) is 0 Å². The van der Waals surface area contributed by atoms with Gasteiger partial charge in [-0.3, -0.25) is 0 Å². The average Bonchev–Trinajstić information content (AvgIpc) is 2.84. The highest BCUT2D eigenvalue weighted by Gasteiger charge is 2.15. The minimum Gasteiger partial charge on any atom is -0.308 e. The average molecular weight is 289 g/mol. The standard InChI is InChI=1S/C17H24FN3/c1-5-7-16-19-10-11-21(16)15-9-6-8-14(18)13(15)12-20-17(2,3)4/h6,8-11,20H,5,7,12H2,1-4H3. The van der Waals surface area contributed by atoms with E-state index in [1.165, 1.54) is 6.07 Å². The van der Waals surface area contributed by atoms with Crippen LogP contribution in [-0.4, -0.2) is 15.1 Å². The van der Waals surface area contributed by atoms with Crippen molar-refractivity contribution in [1.29, 1.82) is 0 Å². The van der Waals surface area contributed by atoms with Gasteiger partial charge in [-0.25, -0.2) is 9.37 Å². The van der Waals surface area contributed by atoms with E-state index in [1.807, 2.05) is 16.8 Å². The Morgan fingerprint density at radius 2 is 2.05 bits per heavy atom. The summed E-state index contributed by atoms with van der Waals surface area (Å²) in [5.41, 5.74) is 1.50. The zero-order valence-corrected chi connectivity index (χ0v) is 13.3. The molecule has 0 unspecified atom stereocenters. The summed E-state index contributed by atoms with van der Waals surface area (Å²) in [6.07, 6.45) is 5.58. The van der Waals surface area contributed by atoms with E-state index < -0.39 is 0 Å². The van der Waals surface area contributed by atoms with Crippen LogP contribution < -0.4 is 5.32 Å². The summed E-state index contributed by atoms with van der Waals surface area (Å²) in [5, 5.41) is 3.36. The Morgan fingerprint density at radius 1 is 1.29 bits per heavy atom. The molecule has 0 aliphatic heterocycles. The highest BCUT2D eigenvalue weighted by atomic mass is 19.1. The van der Waals surface area contributed by atoms with Gasteiger partial charge in [0, 0.05) is 36.5 Å². The Bertz CT molecular complexity index is 596. The molecule has 2 aromatic rings. The van der Waals surface area contributed by atoms with Gasteiger partial charge in [-0.2, -0.15) is 0 Å². The molecule has 0 bridgehead atoms. The molecular formula is C17H24FN3. The van der Waals surface area contributed by atoms with Crippen molar-refractivity contribution < 1.29 is 4.39 Å². The molecule has 0 radical (unpaired) electrons. The minimum atomic E-state index is -0.180. The van der Waals surface area contributed by atoms with E-state index in [9.17, 15) is 4.39 Å². The number of nitrogens with one attached hydrogen (secondary N) is 1. The second-order valence-electron chi connectivity index (χ2n) is 6.30.